The van der Waals surface area contributed by atoms with Gasteiger partial charge in [-0.25, -0.2) is 0 Å². The van der Waals surface area contributed by atoms with Crippen LogP contribution in [-0.2, 0) is 4.79 Å². The van der Waals surface area contributed by atoms with Gasteiger partial charge in [0.25, 0.3) is 0 Å². The second-order valence-electron chi connectivity index (χ2n) is 8.36. The summed E-state index contributed by atoms with van der Waals surface area (Å²) in [6.45, 7) is 2.09. The van der Waals surface area contributed by atoms with Crippen LogP contribution in [0.3, 0.4) is 0 Å². The molecular formula is C21H30N4O. The van der Waals surface area contributed by atoms with Gasteiger partial charge in [-0.3, -0.25) is 10.2 Å². The molecule has 140 valence electrons. The number of anilines is 2. The average molecular weight is 354 g/mol. The highest BCUT2D eigenvalue weighted by molar-refractivity contribution is 6.46. The summed E-state index contributed by atoms with van der Waals surface area (Å²) in [4.78, 5) is 17.6. The van der Waals surface area contributed by atoms with Gasteiger partial charge in [0.05, 0.1) is 0 Å². The minimum Gasteiger partial charge on any atom is -0.398 e. The van der Waals surface area contributed by atoms with Crippen molar-refractivity contribution in [1.82, 2.24) is 4.90 Å². The fourth-order valence-corrected chi connectivity index (χ4v) is 5.14. The minimum atomic E-state index is -0.0516. The Morgan fingerprint density at radius 3 is 2.50 bits per heavy atom. The summed E-state index contributed by atoms with van der Waals surface area (Å²) in [6.07, 6.45) is 7.60. The number of fused-ring (bicyclic) bond motifs is 2. The Labute approximate surface area is 156 Å². The van der Waals surface area contributed by atoms with E-state index >= 15 is 0 Å². The van der Waals surface area contributed by atoms with Gasteiger partial charge < -0.3 is 15.5 Å². The Kier molecular flexibility index (Phi) is 4.74. The van der Waals surface area contributed by atoms with Gasteiger partial charge in [0.15, 0.2) is 5.78 Å². The molecule has 3 N–H and O–H groups in total. The van der Waals surface area contributed by atoms with Crippen LogP contribution in [-0.4, -0.2) is 48.6 Å². The quantitative estimate of drug-likeness (QED) is 0.629. The number of carbonyl (C=O) groups excluding carboxylic acids is 1. The van der Waals surface area contributed by atoms with Crippen LogP contribution in [0.25, 0.3) is 0 Å². The second kappa shape index (κ2) is 7.03. The predicted molar refractivity (Wildman–Crippen MR) is 106 cm³/mol. The van der Waals surface area contributed by atoms with Crippen molar-refractivity contribution < 1.29 is 4.79 Å². The van der Waals surface area contributed by atoms with E-state index < -0.39 is 0 Å². The number of rotatable bonds is 5. The van der Waals surface area contributed by atoms with Gasteiger partial charge >= 0.3 is 0 Å². The summed E-state index contributed by atoms with van der Waals surface area (Å²) in [6, 6.07) is 7.06. The number of nitrogens with one attached hydrogen (secondary N) is 1. The lowest BCUT2D eigenvalue weighted by Gasteiger charge is -2.36. The van der Waals surface area contributed by atoms with Gasteiger partial charge in [-0.15, -0.1) is 0 Å². The van der Waals surface area contributed by atoms with Crippen molar-refractivity contribution in [2.24, 2.45) is 5.92 Å². The first-order chi connectivity index (χ1) is 12.5. The van der Waals surface area contributed by atoms with Gasteiger partial charge in [-0.05, 0) is 69.7 Å². The van der Waals surface area contributed by atoms with Crippen molar-refractivity contribution in [3.8, 4) is 0 Å². The SMILES string of the molecule is CN1C2CCC1CC(CC(=O)C(=N)c1cc(N3CCCC3)ccc1N)C2. The topological polar surface area (TPSA) is 73.4 Å². The van der Waals surface area contributed by atoms with E-state index in [4.69, 9.17) is 11.1 Å². The Morgan fingerprint density at radius 2 is 1.85 bits per heavy atom. The second-order valence-corrected chi connectivity index (χ2v) is 8.36. The van der Waals surface area contributed by atoms with Gasteiger partial charge in [0.2, 0.25) is 0 Å². The number of hydrogen-bond acceptors (Lipinski definition) is 5. The number of nitrogens with two attached hydrogens (primary N) is 1. The zero-order valence-corrected chi connectivity index (χ0v) is 15.7. The number of nitrogen functional groups attached to an aromatic ring is 1. The molecule has 26 heavy (non-hydrogen) atoms. The first-order valence-electron chi connectivity index (χ1n) is 10.0. The first-order valence-corrected chi connectivity index (χ1v) is 10.0. The van der Waals surface area contributed by atoms with E-state index in [-0.39, 0.29) is 11.5 Å². The zero-order valence-electron chi connectivity index (χ0n) is 15.7. The molecule has 2 unspecified atom stereocenters. The molecule has 0 saturated carbocycles. The molecule has 2 bridgehead atoms. The molecule has 3 aliphatic rings. The molecule has 3 aliphatic heterocycles. The highest BCUT2D eigenvalue weighted by atomic mass is 16.1. The standard InChI is InChI=1S/C21H30N4O/c1-24-15-4-5-16(24)11-14(10-15)12-20(26)21(23)18-13-17(6-7-19(18)22)25-8-2-3-9-25/h6-7,13-16,23H,2-5,8-12,22H2,1H3. The number of Topliss-reactive ketones (excluding diaryl/α,β-unsaturated/α-hetero) is 1. The van der Waals surface area contributed by atoms with Gasteiger partial charge in [-0.2, -0.15) is 0 Å². The van der Waals surface area contributed by atoms with Crippen LogP contribution in [0.15, 0.2) is 18.2 Å². The molecule has 4 rings (SSSR count). The molecule has 0 aromatic heterocycles. The average Bonchev–Trinajstić information content (AvgIpc) is 3.22. The van der Waals surface area contributed by atoms with Crippen molar-refractivity contribution in [3.05, 3.63) is 23.8 Å². The number of nitrogens with zero attached hydrogens (tertiary/aromatic N) is 2. The van der Waals surface area contributed by atoms with E-state index in [1.807, 2.05) is 18.2 Å². The lowest BCUT2D eigenvalue weighted by Crippen LogP contribution is -2.40. The van der Waals surface area contributed by atoms with Crippen molar-refractivity contribution >= 4 is 22.9 Å². The van der Waals surface area contributed by atoms with Crippen LogP contribution >= 0.6 is 0 Å². The van der Waals surface area contributed by atoms with Crippen molar-refractivity contribution in [2.75, 3.05) is 30.8 Å². The lowest BCUT2D eigenvalue weighted by molar-refractivity contribution is -0.114. The molecule has 5 nitrogen and oxygen atoms in total. The summed E-state index contributed by atoms with van der Waals surface area (Å²) < 4.78 is 0. The molecular weight excluding hydrogens is 324 g/mol. The molecule has 3 heterocycles. The molecule has 1 aromatic rings. The van der Waals surface area contributed by atoms with Crippen LogP contribution in [0.4, 0.5) is 11.4 Å². The maximum atomic E-state index is 12.8. The first kappa shape index (κ1) is 17.5. The van der Waals surface area contributed by atoms with E-state index in [0.717, 1.165) is 31.6 Å². The molecule has 5 heteroatoms. The largest absolute Gasteiger partial charge is 0.398 e. The number of carbonyl (C=O) groups is 1. The molecule has 0 spiro atoms. The Hall–Kier alpha value is -1.88. The van der Waals surface area contributed by atoms with E-state index in [9.17, 15) is 4.79 Å². The van der Waals surface area contributed by atoms with E-state index in [0.29, 0.717) is 35.7 Å². The summed E-state index contributed by atoms with van der Waals surface area (Å²) in [5, 5.41) is 8.46. The third-order valence-electron chi connectivity index (χ3n) is 6.73. The van der Waals surface area contributed by atoms with Crippen LogP contribution in [0.5, 0.6) is 0 Å². The molecule has 0 amide bonds. The number of piperidine rings is 1. The summed E-state index contributed by atoms with van der Waals surface area (Å²) in [7, 11) is 2.22. The molecule has 0 radical (unpaired) electrons. The van der Waals surface area contributed by atoms with Crippen molar-refractivity contribution in [1.29, 1.82) is 5.41 Å². The number of ketones is 1. The van der Waals surface area contributed by atoms with Crippen molar-refractivity contribution in [2.45, 2.75) is 57.0 Å². The highest BCUT2D eigenvalue weighted by Crippen LogP contribution is 2.39. The Bertz CT molecular complexity index is 696. The summed E-state index contributed by atoms with van der Waals surface area (Å²) in [5.41, 5.74) is 8.43. The Morgan fingerprint density at radius 1 is 1.19 bits per heavy atom. The lowest BCUT2D eigenvalue weighted by atomic mass is 9.85. The fraction of sp³-hybridized carbons (Fsp3) is 0.619. The van der Waals surface area contributed by atoms with Gasteiger partial charge in [0, 0.05) is 48.5 Å². The fourth-order valence-electron chi connectivity index (χ4n) is 5.14. The molecule has 1 aromatic carbocycles. The molecule has 3 fully saturated rings. The summed E-state index contributed by atoms with van der Waals surface area (Å²) in [5.74, 6) is 0.365. The number of benzene rings is 1. The monoisotopic (exact) mass is 354 g/mol. The third kappa shape index (κ3) is 3.25. The third-order valence-corrected chi connectivity index (χ3v) is 6.73. The maximum Gasteiger partial charge on any atom is 0.181 e. The molecule has 2 atom stereocenters. The van der Waals surface area contributed by atoms with Crippen LogP contribution in [0, 0.1) is 11.3 Å². The summed E-state index contributed by atoms with van der Waals surface area (Å²) >= 11 is 0. The molecule has 3 saturated heterocycles. The normalized spacial score (nSPS) is 28.5. The smallest absolute Gasteiger partial charge is 0.181 e. The molecule has 0 aliphatic carbocycles. The highest BCUT2D eigenvalue weighted by Gasteiger charge is 2.39. The van der Waals surface area contributed by atoms with Crippen LogP contribution in [0.2, 0.25) is 0 Å². The maximum absolute atomic E-state index is 12.8. The van der Waals surface area contributed by atoms with E-state index in [1.54, 1.807) is 0 Å². The van der Waals surface area contributed by atoms with Crippen LogP contribution in [0.1, 0.15) is 50.5 Å². The van der Waals surface area contributed by atoms with Gasteiger partial charge in [0.1, 0.15) is 5.71 Å². The van der Waals surface area contributed by atoms with Gasteiger partial charge in [-0.1, -0.05) is 0 Å². The zero-order chi connectivity index (χ0) is 18.3. The minimum absolute atomic E-state index is 0.0516. The van der Waals surface area contributed by atoms with E-state index in [1.165, 1.54) is 25.7 Å². The predicted octanol–water partition coefficient (Wildman–Crippen LogP) is 3.07. The van der Waals surface area contributed by atoms with Crippen molar-refractivity contribution in [3.63, 3.8) is 0 Å². The Balaban J connectivity index is 1.45. The number of hydrogen-bond donors (Lipinski definition) is 2. The van der Waals surface area contributed by atoms with E-state index in [2.05, 4.69) is 16.8 Å². The van der Waals surface area contributed by atoms with Crippen LogP contribution < -0.4 is 10.6 Å².